The van der Waals surface area contributed by atoms with Gasteiger partial charge in [-0.15, -0.1) is 0 Å². The van der Waals surface area contributed by atoms with Gasteiger partial charge in [0.1, 0.15) is 33.2 Å². The minimum Gasteiger partial charge on any atom is -0.455 e. The van der Waals surface area contributed by atoms with Gasteiger partial charge < -0.3 is 29.6 Å². The number of aliphatic hydroxyl groups is 1. The fraction of sp³-hybridized carbons (Fsp3) is 0.471. The van der Waals surface area contributed by atoms with Gasteiger partial charge in [0.25, 0.3) is 21.6 Å². The van der Waals surface area contributed by atoms with Gasteiger partial charge in [0.15, 0.2) is 0 Å². The number of fused-ring (bicyclic) bond motifs is 2. The average Bonchev–Trinajstić information content (AvgIpc) is 4.08. The SMILES string of the molecule is CC(C)c1ccccc1[C@@H]1CCCN1C1CC2(CCN(c3ccc(C(=O)NS(=O)(=O)c4cc([N+](=O)[O-])c(NC[C@H]5CC[C@](C)(O)CC5)c5c4ncn5C)c(Oc4cnc5[nH]ccc5c4)c3)CC2)C1. The lowest BCUT2D eigenvalue weighted by Gasteiger charge is -2.56. The highest BCUT2D eigenvalue weighted by atomic mass is 32.2. The Balaban J connectivity index is 0.880. The number of ether oxygens (including phenoxy) is 1. The number of aryl methyl sites for hydroxylation is 1. The lowest BCUT2D eigenvalue weighted by molar-refractivity contribution is -0.384. The first-order chi connectivity index (χ1) is 32.6. The van der Waals surface area contributed by atoms with Crippen LogP contribution in [0.25, 0.3) is 22.1 Å². The van der Waals surface area contributed by atoms with Crippen molar-refractivity contribution in [1.29, 1.82) is 0 Å². The summed E-state index contributed by atoms with van der Waals surface area (Å²) in [6, 6.07) is 19.8. The molecule has 1 atom stereocenters. The average molecular weight is 944 g/mol. The number of pyridine rings is 1. The summed E-state index contributed by atoms with van der Waals surface area (Å²) in [5.74, 6) is 0.155. The summed E-state index contributed by atoms with van der Waals surface area (Å²) in [7, 11) is -3.12. The fourth-order valence-electron chi connectivity index (χ4n) is 11.6. The molecule has 3 aromatic carbocycles. The standard InChI is InChI=1S/C51H61N9O7S/c1-32(2)38-8-5-6-9-39(38)41-10-7-21-59(41)36-27-51(28-36)18-22-58(23-19-51)35-11-12-40(43(25-35)67-37-24-34-15-20-52-48(34)54-30-37)49(61)56-68(65,66)44-26-42(60(63)64)45(47-46(44)55-31-57(47)4)53-29-33-13-16-50(3,62)17-14-33/h5-6,8-9,11-12,15,20,24-26,30-33,36,41,53,62H,7,10,13-14,16-19,21-23,27-29H2,1-4H3,(H,52,54)(H,56,61)/t33-,41-,50-/m0/s1. The Morgan fingerprint density at radius 1 is 1.01 bits per heavy atom. The second-order valence-corrected chi connectivity index (χ2v) is 22.1. The van der Waals surface area contributed by atoms with E-state index >= 15 is 0 Å². The first-order valence-electron chi connectivity index (χ1n) is 24.1. The third-order valence-electron chi connectivity index (χ3n) is 15.5. The van der Waals surface area contributed by atoms with Crippen molar-refractivity contribution in [3.63, 3.8) is 0 Å². The van der Waals surface area contributed by atoms with Crippen molar-refractivity contribution in [2.75, 3.05) is 36.4 Å². The van der Waals surface area contributed by atoms with Crippen LogP contribution in [-0.2, 0) is 17.1 Å². The van der Waals surface area contributed by atoms with Crippen LogP contribution < -0.4 is 19.7 Å². The number of nitro groups is 1. The fourth-order valence-corrected chi connectivity index (χ4v) is 12.7. The zero-order chi connectivity index (χ0) is 47.5. The van der Waals surface area contributed by atoms with E-state index in [9.17, 15) is 28.4 Å². The Morgan fingerprint density at radius 3 is 2.53 bits per heavy atom. The number of H-pyrrole nitrogens is 1. The minimum atomic E-state index is -4.75. The molecule has 10 rings (SSSR count). The van der Waals surface area contributed by atoms with E-state index in [4.69, 9.17) is 4.74 Å². The maximum atomic E-state index is 14.3. The van der Waals surface area contributed by atoms with Gasteiger partial charge in [0, 0.05) is 68.2 Å². The summed E-state index contributed by atoms with van der Waals surface area (Å²) in [6.45, 7) is 9.57. The Labute approximate surface area is 396 Å². The van der Waals surface area contributed by atoms with Crippen LogP contribution in [0.15, 0.2) is 84.3 Å². The van der Waals surface area contributed by atoms with Crippen LogP contribution >= 0.6 is 0 Å². The number of imidazole rings is 1. The zero-order valence-corrected chi connectivity index (χ0v) is 40.0. The number of carbonyl (C=O) groups is 1. The molecule has 0 radical (unpaired) electrons. The molecule has 2 aliphatic heterocycles. The number of nitrogens with zero attached hydrogens (tertiary/aromatic N) is 6. The molecule has 4 N–H and O–H groups in total. The van der Waals surface area contributed by atoms with Crippen molar-refractivity contribution in [2.24, 2.45) is 18.4 Å². The molecule has 4 fully saturated rings. The molecule has 3 aromatic heterocycles. The summed E-state index contributed by atoms with van der Waals surface area (Å²) in [6.07, 6.45) is 14.3. The molecule has 2 aliphatic carbocycles. The Bertz CT molecular complexity index is 2990. The highest BCUT2D eigenvalue weighted by Crippen LogP contribution is 2.54. The predicted octanol–water partition coefficient (Wildman–Crippen LogP) is 9.33. The molecule has 16 nitrogen and oxygen atoms in total. The van der Waals surface area contributed by atoms with Crippen molar-refractivity contribution >= 4 is 55.1 Å². The number of rotatable bonds is 13. The smallest absolute Gasteiger partial charge is 0.296 e. The monoisotopic (exact) mass is 943 g/mol. The van der Waals surface area contributed by atoms with Crippen LogP contribution in [0, 0.1) is 21.4 Å². The maximum Gasteiger partial charge on any atom is 0.296 e. The molecule has 358 valence electrons. The zero-order valence-electron chi connectivity index (χ0n) is 39.2. The lowest BCUT2D eigenvalue weighted by atomic mass is 9.59. The first-order valence-corrected chi connectivity index (χ1v) is 25.6. The number of hydrogen-bond acceptors (Lipinski definition) is 12. The van der Waals surface area contributed by atoms with Crippen LogP contribution in [-0.4, -0.2) is 86.6 Å². The molecule has 6 aromatic rings. The van der Waals surface area contributed by atoms with Crippen LogP contribution in [0.1, 0.15) is 118 Å². The number of aromatic nitrogens is 4. The molecule has 17 heteroatoms. The van der Waals surface area contributed by atoms with Crippen molar-refractivity contribution in [1.82, 2.24) is 29.1 Å². The third kappa shape index (κ3) is 8.79. The van der Waals surface area contributed by atoms with E-state index in [0.29, 0.717) is 48.8 Å². The van der Waals surface area contributed by atoms with Gasteiger partial charge in [-0.05, 0) is 130 Å². The summed E-state index contributed by atoms with van der Waals surface area (Å²) >= 11 is 0. The van der Waals surface area contributed by atoms with Gasteiger partial charge in [-0.2, -0.15) is 0 Å². The number of hydrogen-bond donors (Lipinski definition) is 4. The van der Waals surface area contributed by atoms with Gasteiger partial charge in [0.05, 0.1) is 34.1 Å². The molecule has 68 heavy (non-hydrogen) atoms. The quantitative estimate of drug-likeness (QED) is 0.0633. The van der Waals surface area contributed by atoms with Crippen LogP contribution in [0.2, 0.25) is 0 Å². The molecule has 2 saturated heterocycles. The van der Waals surface area contributed by atoms with Gasteiger partial charge in [-0.25, -0.2) is 23.1 Å². The molecule has 0 unspecified atom stereocenters. The second kappa shape index (κ2) is 17.8. The van der Waals surface area contributed by atoms with Crippen molar-refractivity contribution in [3.05, 3.63) is 106 Å². The molecule has 1 amide bonds. The number of likely N-dealkylation sites (tertiary alicyclic amines) is 1. The van der Waals surface area contributed by atoms with E-state index < -0.39 is 37.0 Å². The number of aromatic amines is 1. The molecular formula is C51H61N9O7S. The van der Waals surface area contributed by atoms with E-state index in [1.807, 2.05) is 19.1 Å². The Hall–Kier alpha value is -6.04. The van der Waals surface area contributed by atoms with Gasteiger partial charge in [0.2, 0.25) is 0 Å². The van der Waals surface area contributed by atoms with Crippen LogP contribution in [0.5, 0.6) is 11.5 Å². The topological polar surface area (TPSA) is 201 Å². The van der Waals surface area contributed by atoms with E-state index in [2.05, 4.69) is 72.9 Å². The molecule has 2 saturated carbocycles. The molecule has 1 spiro atoms. The number of benzene rings is 3. The number of nitrogens with one attached hydrogen (secondary N) is 3. The van der Waals surface area contributed by atoms with Crippen LogP contribution in [0.3, 0.4) is 0 Å². The van der Waals surface area contributed by atoms with Crippen molar-refractivity contribution < 1.29 is 28.0 Å². The van der Waals surface area contributed by atoms with E-state index in [1.54, 1.807) is 37.6 Å². The third-order valence-corrected chi connectivity index (χ3v) is 16.8. The predicted molar refractivity (Wildman–Crippen MR) is 262 cm³/mol. The van der Waals surface area contributed by atoms with E-state index in [0.717, 1.165) is 62.5 Å². The number of amides is 1. The van der Waals surface area contributed by atoms with Gasteiger partial charge >= 0.3 is 0 Å². The molecule has 5 heterocycles. The van der Waals surface area contributed by atoms with Crippen molar-refractivity contribution in [3.8, 4) is 11.5 Å². The summed E-state index contributed by atoms with van der Waals surface area (Å²) < 4.78 is 38.8. The second-order valence-electron chi connectivity index (χ2n) is 20.4. The lowest BCUT2D eigenvalue weighted by Crippen LogP contribution is -2.54. The highest BCUT2D eigenvalue weighted by Gasteiger charge is 2.50. The highest BCUT2D eigenvalue weighted by molar-refractivity contribution is 7.90. The number of piperidine rings is 1. The normalized spacial score (nSPS) is 22.2. The van der Waals surface area contributed by atoms with Crippen molar-refractivity contribution in [2.45, 2.75) is 113 Å². The van der Waals surface area contributed by atoms with Crippen LogP contribution in [0.4, 0.5) is 17.1 Å². The van der Waals surface area contributed by atoms with E-state index in [1.165, 1.54) is 47.7 Å². The van der Waals surface area contributed by atoms with E-state index in [-0.39, 0.29) is 39.4 Å². The van der Waals surface area contributed by atoms with Gasteiger partial charge in [-0.1, -0.05) is 38.1 Å². The minimum absolute atomic E-state index is 0.0254. The molecule has 4 aliphatic rings. The van der Waals surface area contributed by atoms with Gasteiger partial charge in [-0.3, -0.25) is 19.8 Å². The largest absolute Gasteiger partial charge is 0.455 e. The maximum absolute atomic E-state index is 14.3. The number of carbonyl (C=O) groups excluding carboxylic acids is 1. The first kappa shape index (κ1) is 45.7. The number of sulfonamides is 1. The number of anilines is 2. The Morgan fingerprint density at radius 2 is 1.78 bits per heavy atom. The number of nitro benzene ring substituents is 1. The summed E-state index contributed by atoms with van der Waals surface area (Å²) in [5.41, 5.74) is 3.82. The summed E-state index contributed by atoms with van der Waals surface area (Å²) in [5, 5.41) is 27.1. The Kier molecular flexibility index (Phi) is 12.0. The summed E-state index contributed by atoms with van der Waals surface area (Å²) in [4.78, 5) is 42.7. The molecular weight excluding hydrogens is 883 g/mol. The molecule has 0 bridgehead atoms.